The second kappa shape index (κ2) is 5.26. The molecule has 0 fully saturated rings. The Kier molecular flexibility index (Phi) is 3.31. The molecule has 4 nitrogen and oxygen atoms in total. The second-order valence-electron chi connectivity index (χ2n) is 4.95. The van der Waals surface area contributed by atoms with Gasteiger partial charge in [-0.25, -0.2) is 14.1 Å². The zero-order chi connectivity index (χ0) is 13.1. The second-order valence-corrected chi connectivity index (χ2v) is 4.95. The minimum atomic E-state index is 1.04. The van der Waals surface area contributed by atoms with Crippen LogP contribution in [0.25, 0.3) is 11.0 Å². The quantitative estimate of drug-likeness (QED) is 0.507. The first-order valence-corrected chi connectivity index (χ1v) is 6.74. The van der Waals surface area contributed by atoms with Crippen molar-refractivity contribution in [2.45, 2.75) is 25.9 Å². The van der Waals surface area contributed by atoms with E-state index in [9.17, 15) is 0 Å². The summed E-state index contributed by atoms with van der Waals surface area (Å²) in [6, 6.07) is 8.30. The van der Waals surface area contributed by atoms with E-state index in [1.807, 2.05) is 19.4 Å². The topological polar surface area (TPSA) is 26.6 Å². The molecule has 0 aliphatic carbocycles. The van der Waals surface area contributed by atoms with Crippen molar-refractivity contribution in [3.8, 4) is 0 Å². The van der Waals surface area contributed by atoms with Gasteiger partial charge in [-0.2, -0.15) is 0 Å². The van der Waals surface area contributed by atoms with E-state index >= 15 is 0 Å². The summed E-state index contributed by atoms with van der Waals surface area (Å²) in [6.45, 7) is 2.11. The smallest absolute Gasteiger partial charge is 0.243 e. The standard InChI is InChI=1S/C15H19N4/c1-17-10-11-18(13-17)8-4-5-9-19-12-16-14-6-2-3-7-15(14)19/h2-3,6-7,10-13H,4-5,8-9H2,1H3/q+1. The third-order valence-electron chi connectivity index (χ3n) is 3.42. The van der Waals surface area contributed by atoms with Crippen molar-refractivity contribution in [2.24, 2.45) is 7.05 Å². The lowest BCUT2D eigenvalue weighted by atomic mass is 10.3. The molecule has 0 aliphatic rings. The predicted molar refractivity (Wildman–Crippen MR) is 74.6 cm³/mol. The van der Waals surface area contributed by atoms with Gasteiger partial charge in [0.2, 0.25) is 6.33 Å². The number of fused-ring (bicyclic) bond motifs is 1. The molecule has 2 aromatic heterocycles. The van der Waals surface area contributed by atoms with Gasteiger partial charge in [0.1, 0.15) is 12.4 Å². The van der Waals surface area contributed by atoms with Crippen molar-refractivity contribution >= 4 is 11.0 Å². The SMILES string of the molecule is C[n+]1ccn(CCCCn2cnc3ccccc32)c1. The predicted octanol–water partition coefficient (Wildman–Crippen LogP) is 2.14. The molecule has 0 bridgehead atoms. The van der Waals surface area contributed by atoms with Crippen LogP contribution in [0.1, 0.15) is 12.8 Å². The van der Waals surface area contributed by atoms with E-state index in [1.165, 1.54) is 18.4 Å². The summed E-state index contributed by atoms with van der Waals surface area (Å²) >= 11 is 0. The molecule has 0 saturated carbocycles. The molecule has 0 unspecified atom stereocenters. The number of hydrogen-bond acceptors (Lipinski definition) is 1. The molecule has 98 valence electrons. The average molecular weight is 255 g/mol. The minimum absolute atomic E-state index is 1.04. The normalized spacial score (nSPS) is 11.2. The van der Waals surface area contributed by atoms with E-state index in [-0.39, 0.29) is 0 Å². The third-order valence-corrected chi connectivity index (χ3v) is 3.42. The summed E-state index contributed by atoms with van der Waals surface area (Å²) < 4.78 is 6.54. The lowest BCUT2D eigenvalue weighted by molar-refractivity contribution is -0.671. The van der Waals surface area contributed by atoms with Crippen molar-refractivity contribution in [1.29, 1.82) is 0 Å². The molecular weight excluding hydrogens is 236 g/mol. The molecule has 2 heterocycles. The van der Waals surface area contributed by atoms with Crippen LogP contribution in [0.15, 0.2) is 49.3 Å². The molecule has 4 heteroatoms. The van der Waals surface area contributed by atoms with Crippen molar-refractivity contribution in [3.63, 3.8) is 0 Å². The van der Waals surface area contributed by atoms with E-state index < -0.39 is 0 Å². The number of para-hydroxylation sites is 2. The largest absolute Gasteiger partial charge is 0.331 e. The monoisotopic (exact) mass is 255 g/mol. The molecule has 0 radical (unpaired) electrons. The zero-order valence-corrected chi connectivity index (χ0v) is 11.2. The number of nitrogens with zero attached hydrogens (tertiary/aromatic N) is 4. The van der Waals surface area contributed by atoms with Gasteiger partial charge in [0, 0.05) is 6.54 Å². The van der Waals surface area contributed by atoms with Crippen LogP contribution in [0.5, 0.6) is 0 Å². The Morgan fingerprint density at radius 2 is 2.00 bits per heavy atom. The molecule has 0 aliphatic heterocycles. The molecule has 0 N–H and O–H groups in total. The van der Waals surface area contributed by atoms with E-state index in [0.717, 1.165) is 18.6 Å². The Morgan fingerprint density at radius 1 is 1.16 bits per heavy atom. The number of rotatable bonds is 5. The maximum atomic E-state index is 4.41. The highest BCUT2D eigenvalue weighted by Gasteiger charge is 2.02. The summed E-state index contributed by atoms with van der Waals surface area (Å²) in [6.07, 6.45) is 10.6. The van der Waals surface area contributed by atoms with Gasteiger partial charge in [-0.15, -0.1) is 0 Å². The number of aryl methyl sites for hydroxylation is 3. The summed E-state index contributed by atoms with van der Waals surface area (Å²) in [7, 11) is 2.05. The highest BCUT2D eigenvalue weighted by molar-refractivity contribution is 5.74. The van der Waals surface area contributed by atoms with Gasteiger partial charge in [0.25, 0.3) is 0 Å². The molecule has 1 aromatic carbocycles. The van der Waals surface area contributed by atoms with Crippen molar-refractivity contribution in [3.05, 3.63) is 49.3 Å². The highest BCUT2D eigenvalue weighted by Crippen LogP contribution is 2.12. The van der Waals surface area contributed by atoms with Crippen LogP contribution < -0.4 is 4.57 Å². The minimum Gasteiger partial charge on any atom is -0.331 e. The average Bonchev–Trinajstić information content (AvgIpc) is 3.02. The third kappa shape index (κ3) is 2.67. The lowest BCUT2D eigenvalue weighted by Crippen LogP contribution is -2.23. The molecule has 0 spiro atoms. The van der Waals surface area contributed by atoms with E-state index in [2.05, 4.69) is 55.6 Å². The summed E-state index contributed by atoms with van der Waals surface area (Å²) in [5.41, 5.74) is 2.31. The Labute approximate surface area is 112 Å². The fraction of sp³-hybridized carbons (Fsp3) is 0.333. The molecule has 0 amide bonds. The number of benzene rings is 1. The fourth-order valence-electron chi connectivity index (χ4n) is 2.40. The number of hydrogen-bond donors (Lipinski definition) is 0. The van der Waals surface area contributed by atoms with E-state index in [0.29, 0.717) is 0 Å². The summed E-state index contributed by atoms with van der Waals surface area (Å²) in [5.74, 6) is 0. The highest BCUT2D eigenvalue weighted by atomic mass is 15.1. The van der Waals surface area contributed by atoms with Gasteiger partial charge in [0.05, 0.1) is 31.0 Å². The number of imidazole rings is 2. The van der Waals surface area contributed by atoms with E-state index in [1.54, 1.807) is 0 Å². The first-order valence-electron chi connectivity index (χ1n) is 6.74. The van der Waals surface area contributed by atoms with Crippen LogP contribution in [0.4, 0.5) is 0 Å². The molecule has 0 atom stereocenters. The summed E-state index contributed by atoms with van der Waals surface area (Å²) in [4.78, 5) is 4.41. The van der Waals surface area contributed by atoms with Crippen LogP contribution in [-0.4, -0.2) is 14.1 Å². The van der Waals surface area contributed by atoms with Gasteiger partial charge < -0.3 is 4.57 Å². The number of aromatic nitrogens is 4. The van der Waals surface area contributed by atoms with Crippen molar-refractivity contribution < 1.29 is 4.57 Å². The maximum absolute atomic E-state index is 4.41. The molecule has 3 rings (SSSR count). The van der Waals surface area contributed by atoms with Gasteiger partial charge in [-0.1, -0.05) is 12.1 Å². The van der Waals surface area contributed by atoms with Gasteiger partial charge in [-0.05, 0) is 25.0 Å². The van der Waals surface area contributed by atoms with Crippen LogP contribution in [-0.2, 0) is 20.1 Å². The Hall–Kier alpha value is -2.10. The van der Waals surface area contributed by atoms with E-state index in [4.69, 9.17) is 0 Å². The first kappa shape index (κ1) is 12.0. The Morgan fingerprint density at radius 3 is 2.84 bits per heavy atom. The fourth-order valence-corrected chi connectivity index (χ4v) is 2.40. The van der Waals surface area contributed by atoms with Gasteiger partial charge in [-0.3, -0.25) is 0 Å². The zero-order valence-electron chi connectivity index (χ0n) is 11.2. The molecule has 0 saturated heterocycles. The first-order chi connectivity index (χ1) is 9.33. The maximum Gasteiger partial charge on any atom is 0.243 e. The molecular formula is C15H19N4+. The lowest BCUT2D eigenvalue weighted by Gasteiger charge is -2.03. The Balaban J connectivity index is 1.55. The van der Waals surface area contributed by atoms with Crippen LogP contribution in [0, 0.1) is 0 Å². The molecule has 19 heavy (non-hydrogen) atoms. The van der Waals surface area contributed by atoms with Crippen LogP contribution in [0.3, 0.4) is 0 Å². The van der Waals surface area contributed by atoms with Crippen molar-refractivity contribution in [2.75, 3.05) is 0 Å². The van der Waals surface area contributed by atoms with Crippen molar-refractivity contribution in [1.82, 2.24) is 14.1 Å². The Bertz CT molecular complexity index is 665. The summed E-state index contributed by atoms with van der Waals surface area (Å²) in [5, 5.41) is 0. The van der Waals surface area contributed by atoms with Crippen LogP contribution in [0.2, 0.25) is 0 Å². The van der Waals surface area contributed by atoms with Crippen LogP contribution >= 0.6 is 0 Å². The van der Waals surface area contributed by atoms with Gasteiger partial charge in [0.15, 0.2) is 0 Å². The number of unbranched alkanes of at least 4 members (excludes halogenated alkanes) is 1. The van der Waals surface area contributed by atoms with Gasteiger partial charge >= 0.3 is 0 Å². The molecule has 3 aromatic rings.